The number of carbonyl (C=O) groups is 2. The minimum Gasteiger partial charge on any atom is -0.468 e. The third-order valence-electron chi connectivity index (χ3n) is 4.80. The molecular weight excluding hydrogens is 412 g/mol. The largest absolute Gasteiger partial charge is 0.468 e. The zero-order chi connectivity index (χ0) is 22.5. The van der Waals surface area contributed by atoms with Crippen LogP contribution in [0.2, 0.25) is 0 Å². The van der Waals surface area contributed by atoms with E-state index in [9.17, 15) is 9.59 Å². The van der Waals surface area contributed by atoms with E-state index >= 15 is 0 Å². The Morgan fingerprint density at radius 2 is 1.06 bits per heavy atom. The second-order valence-corrected chi connectivity index (χ2v) is 6.77. The number of carbonyl (C=O) groups excluding carboxylic acids is 2. The summed E-state index contributed by atoms with van der Waals surface area (Å²) in [6.45, 7) is -0.241. The lowest BCUT2D eigenvalue weighted by atomic mass is 10.0. The van der Waals surface area contributed by atoms with Crippen molar-refractivity contribution in [3.05, 3.63) is 60.7 Å². The predicted octanol–water partition coefficient (Wildman–Crippen LogP) is 2.22. The summed E-state index contributed by atoms with van der Waals surface area (Å²) >= 11 is 0. The molecule has 162 valence electrons. The quantitative estimate of drug-likeness (QED) is 0.409. The Hall–Kier alpha value is -4.34. The van der Waals surface area contributed by atoms with Crippen LogP contribution in [0.4, 0.5) is 0 Å². The molecule has 0 spiro atoms. The summed E-state index contributed by atoms with van der Waals surface area (Å²) in [6, 6.07) is 18.8. The lowest BCUT2D eigenvalue weighted by Crippen LogP contribution is -2.14. The van der Waals surface area contributed by atoms with Crippen molar-refractivity contribution in [2.24, 2.45) is 0 Å². The van der Waals surface area contributed by atoms with Crippen molar-refractivity contribution in [2.45, 2.75) is 13.1 Å². The third-order valence-corrected chi connectivity index (χ3v) is 4.80. The van der Waals surface area contributed by atoms with Gasteiger partial charge in [0.25, 0.3) is 0 Å². The van der Waals surface area contributed by atoms with Crippen LogP contribution in [0, 0.1) is 0 Å². The molecule has 10 nitrogen and oxygen atoms in total. The molecule has 4 rings (SSSR count). The molecule has 0 aliphatic carbocycles. The van der Waals surface area contributed by atoms with Crippen molar-refractivity contribution in [1.82, 2.24) is 30.0 Å². The van der Waals surface area contributed by atoms with Gasteiger partial charge in [0.2, 0.25) is 0 Å². The maximum atomic E-state index is 12.0. The molecule has 0 unspecified atom stereocenters. The molecule has 0 amide bonds. The van der Waals surface area contributed by atoms with Crippen LogP contribution in [0.3, 0.4) is 0 Å². The summed E-state index contributed by atoms with van der Waals surface area (Å²) < 4.78 is 12.5. The molecule has 0 saturated heterocycles. The number of hydrogen-bond acceptors (Lipinski definition) is 8. The summed E-state index contributed by atoms with van der Waals surface area (Å²) in [5.41, 5.74) is 3.60. The highest BCUT2D eigenvalue weighted by Gasteiger charge is 2.26. The van der Waals surface area contributed by atoms with Gasteiger partial charge in [-0.2, -0.15) is 0 Å². The van der Waals surface area contributed by atoms with Crippen molar-refractivity contribution >= 4 is 11.9 Å². The number of nitrogens with zero attached hydrogens (tertiary/aromatic N) is 6. The minimum atomic E-state index is -0.462. The van der Waals surface area contributed by atoms with E-state index in [-0.39, 0.29) is 13.1 Å². The van der Waals surface area contributed by atoms with Crippen LogP contribution in [0.25, 0.3) is 33.9 Å². The Kier molecular flexibility index (Phi) is 6.02. The van der Waals surface area contributed by atoms with Gasteiger partial charge in [-0.15, -0.1) is 10.2 Å². The second kappa shape index (κ2) is 9.21. The SMILES string of the molecule is COC(=O)Cn1nnc(-c2nnn(CC(=O)OC)c2-c2ccccc2)c1-c1ccccc1. The fraction of sp³-hybridized carbons (Fsp3) is 0.182. The fourth-order valence-corrected chi connectivity index (χ4v) is 3.30. The Bertz CT molecular complexity index is 1140. The Morgan fingerprint density at radius 3 is 1.41 bits per heavy atom. The van der Waals surface area contributed by atoms with Crippen LogP contribution in [0.15, 0.2) is 60.7 Å². The molecule has 4 aromatic rings. The van der Waals surface area contributed by atoms with E-state index in [2.05, 4.69) is 20.6 Å². The van der Waals surface area contributed by atoms with Gasteiger partial charge >= 0.3 is 11.9 Å². The van der Waals surface area contributed by atoms with Crippen molar-refractivity contribution in [3.63, 3.8) is 0 Å². The van der Waals surface area contributed by atoms with Crippen LogP contribution in [-0.4, -0.2) is 56.1 Å². The van der Waals surface area contributed by atoms with Gasteiger partial charge < -0.3 is 9.47 Å². The first-order valence-electron chi connectivity index (χ1n) is 9.74. The molecule has 32 heavy (non-hydrogen) atoms. The van der Waals surface area contributed by atoms with Crippen LogP contribution in [0.5, 0.6) is 0 Å². The first-order chi connectivity index (χ1) is 15.6. The lowest BCUT2D eigenvalue weighted by Gasteiger charge is -2.09. The highest BCUT2D eigenvalue weighted by molar-refractivity contribution is 5.85. The molecule has 0 aliphatic rings. The molecule has 0 bridgehead atoms. The highest BCUT2D eigenvalue weighted by atomic mass is 16.5. The molecule has 0 radical (unpaired) electrons. The van der Waals surface area contributed by atoms with Gasteiger partial charge in [0, 0.05) is 11.1 Å². The second-order valence-electron chi connectivity index (χ2n) is 6.77. The van der Waals surface area contributed by atoms with E-state index in [0.29, 0.717) is 22.8 Å². The normalized spacial score (nSPS) is 10.7. The smallest absolute Gasteiger partial charge is 0.327 e. The van der Waals surface area contributed by atoms with E-state index in [1.54, 1.807) is 0 Å². The Morgan fingerprint density at radius 1 is 0.688 bits per heavy atom. The minimum absolute atomic E-state index is 0.120. The average molecular weight is 432 g/mol. The lowest BCUT2D eigenvalue weighted by molar-refractivity contribution is -0.142. The molecule has 0 fully saturated rings. The third kappa shape index (κ3) is 4.10. The van der Waals surface area contributed by atoms with Gasteiger partial charge in [-0.3, -0.25) is 9.59 Å². The first kappa shape index (κ1) is 20.9. The molecule has 2 aromatic carbocycles. The van der Waals surface area contributed by atoms with E-state index in [4.69, 9.17) is 9.47 Å². The number of benzene rings is 2. The summed E-state index contributed by atoms with van der Waals surface area (Å²) in [5, 5.41) is 17.0. The standard InChI is InChI=1S/C22H20N6O4/c1-31-17(29)13-27-21(15-9-5-3-6-10-15)19(23-25-27)20-22(16-11-7-4-8-12-16)28(26-24-20)14-18(30)32-2/h3-12H,13-14H2,1-2H3. The van der Waals surface area contributed by atoms with E-state index in [1.807, 2.05) is 60.7 Å². The molecule has 2 heterocycles. The van der Waals surface area contributed by atoms with Gasteiger partial charge in [-0.25, -0.2) is 9.36 Å². The first-order valence-corrected chi connectivity index (χ1v) is 9.74. The van der Waals surface area contributed by atoms with Crippen LogP contribution in [0.1, 0.15) is 0 Å². The van der Waals surface area contributed by atoms with Gasteiger partial charge in [-0.1, -0.05) is 71.1 Å². The number of rotatable bonds is 7. The Labute approximate surface area is 183 Å². The van der Waals surface area contributed by atoms with Crippen molar-refractivity contribution in [1.29, 1.82) is 0 Å². The Balaban J connectivity index is 1.92. The molecule has 0 aliphatic heterocycles. The summed E-state index contributed by atoms with van der Waals surface area (Å²) in [6.07, 6.45) is 0. The summed E-state index contributed by atoms with van der Waals surface area (Å²) in [4.78, 5) is 23.9. The zero-order valence-corrected chi connectivity index (χ0v) is 17.5. The fourth-order valence-electron chi connectivity index (χ4n) is 3.30. The van der Waals surface area contributed by atoms with Crippen molar-refractivity contribution < 1.29 is 19.1 Å². The molecular formula is C22H20N6O4. The molecule has 0 saturated carbocycles. The number of ether oxygens (including phenoxy) is 2. The van der Waals surface area contributed by atoms with E-state index in [1.165, 1.54) is 23.6 Å². The van der Waals surface area contributed by atoms with Crippen molar-refractivity contribution in [3.8, 4) is 33.9 Å². The maximum absolute atomic E-state index is 12.0. The van der Waals surface area contributed by atoms with E-state index in [0.717, 1.165) is 11.1 Å². The van der Waals surface area contributed by atoms with Crippen LogP contribution < -0.4 is 0 Å². The molecule has 0 N–H and O–H groups in total. The van der Waals surface area contributed by atoms with Gasteiger partial charge in [0.15, 0.2) is 0 Å². The number of aromatic nitrogens is 6. The topological polar surface area (TPSA) is 114 Å². The predicted molar refractivity (Wildman–Crippen MR) is 114 cm³/mol. The maximum Gasteiger partial charge on any atom is 0.327 e. The highest BCUT2D eigenvalue weighted by Crippen LogP contribution is 2.35. The molecule has 2 aromatic heterocycles. The molecule has 0 atom stereocenters. The zero-order valence-electron chi connectivity index (χ0n) is 17.5. The number of hydrogen-bond donors (Lipinski definition) is 0. The van der Waals surface area contributed by atoms with E-state index < -0.39 is 11.9 Å². The average Bonchev–Trinajstić information content (AvgIpc) is 3.43. The van der Waals surface area contributed by atoms with Gasteiger partial charge in [0.05, 0.1) is 25.6 Å². The number of methoxy groups -OCH3 is 2. The molecule has 10 heteroatoms. The van der Waals surface area contributed by atoms with Crippen LogP contribution >= 0.6 is 0 Å². The summed E-state index contributed by atoms with van der Waals surface area (Å²) in [5.74, 6) is -0.924. The van der Waals surface area contributed by atoms with Crippen molar-refractivity contribution in [2.75, 3.05) is 14.2 Å². The van der Waals surface area contributed by atoms with Crippen LogP contribution in [-0.2, 0) is 32.2 Å². The number of esters is 2. The van der Waals surface area contributed by atoms with Gasteiger partial charge in [0.1, 0.15) is 24.5 Å². The monoisotopic (exact) mass is 432 g/mol. The van der Waals surface area contributed by atoms with Gasteiger partial charge in [-0.05, 0) is 0 Å². The summed E-state index contributed by atoms with van der Waals surface area (Å²) in [7, 11) is 2.63.